The van der Waals surface area contributed by atoms with Gasteiger partial charge >= 0.3 is 6.18 Å². The van der Waals surface area contributed by atoms with Crippen LogP contribution >= 0.6 is 23.2 Å². The van der Waals surface area contributed by atoms with Crippen molar-refractivity contribution >= 4 is 29.1 Å². The van der Waals surface area contributed by atoms with Crippen LogP contribution < -0.4 is 5.32 Å². The summed E-state index contributed by atoms with van der Waals surface area (Å²) in [6.45, 7) is 1.86. The van der Waals surface area contributed by atoms with Crippen molar-refractivity contribution in [2.24, 2.45) is 0 Å². The zero-order chi connectivity index (χ0) is 21.6. The minimum absolute atomic E-state index is 0.148. The molecule has 1 fully saturated rings. The highest BCUT2D eigenvalue weighted by molar-refractivity contribution is 6.42. The fraction of sp³-hybridized carbons (Fsp3) is 0.273. The first-order valence-corrected chi connectivity index (χ1v) is 10.1. The van der Waals surface area contributed by atoms with Crippen molar-refractivity contribution in [2.75, 3.05) is 5.32 Å². The summed E-state index contributed by atoms with van der Waals surface area (Å²) in [6, 6.07) is 8.47. The molecule has 1 aliphatic carbocycles. The van der Waals surface area contributed by atoms with E-state index in [1.807, 2.05) is 6.92 Å². The van der Waals surface area contributed by atoms with Gasteiger partial charge in [-0.2, -0.15) is 13.2 Å². The van der Waals surface area contributed by atoms with E-state index < -0.39 is 11.7 Å². The number of hydrogen-bond acceptors (Lipinski definition) is 3. The Morgan fingerprint density at radius 1 is 1.17 bits per heavy atom. The standard InChI is InChI=1S/C22H18Cl2F3NO2/c1-11-5-8-16(23)19(24)15(11)10-17-20(29)18(21(30-17)28-14-6-7-14)12-3-2-4-13(9-12)22(25,26)27/h2-5,8-9,14,28-29H,6-7,10H2,1H3. The van der Waals surface area contributed by atoms with E-state index in [2.05, 4.69) is 5.32 Å². The summed E-state index contributed by atoms with van der Waals surface area (Å²) >= 11 is 12.5. The third kappa shape index (κ3) is 4.12. The van der Waals surface area contributed by atoms with Gasteiger partial charge in [-0.25, -0.2) is 0 Å². The molecule has 0 spiro atoms. The Balaban J connectivity index is 1.80. The molecule has 2 N–H and O–H groups in total. The molecule has 0 saturated heterocycles. The van der Waals surface area contributed by atoms with Gasteiger partial charge < -0.3 is 14.8 Å². The number of aromatic hydroxyl groups is 1. The largest absolute Gasteiger partial charge is 0.504 e. The second-order valence-corrected chi connectivity index (χ2v) is 8.19. The highest BCUT2D eigenvalue weighted by atomic mass is 35.5. The Hall–Kier alpha value is -2.31. The molecule has 0 aliphatic heterocycles. The summed E-state index contributed by atoms with van der Waals surface area (Å²) in [7, 11) is 0. The highest BCUT2D eigenvalue weighted by Crippen LogP contribution is 2.46. The SMILES string of the molecule is Cc1ccc(Cl)c(Cl)c1Cc1oc(NC2CC2)c(-c2cccc(C(F)(F)F)c2)c1O. The molecule has 1 aromatic heterocycles. The van der Waals surface area contributed by atoms with Crippen LogP contribution in [0.1, 0.15) is 35.3 Å². The third-order valence-corrected chi connectivity index (χ3v) is 5.96. The molecule has 0 radical (unpaired) electrons. The Labute approximate surface area is 181 Å². The predicted molar refractivity (Wildman–Crippen MR) is 111 cm³/mol. The van der Waals surface area contributed by atoms with E-state index in [1.165, 1.54) is 12.1 Å². The maximum atomic E-state index is 13.2. The molecule has 8 heteroatoms. The smallest absolute Gasteiger partial charge is 0.416 e. The van der Waals surface area contributed by atoms with Crippen molar-refractivity contribution in [3.8, 4) is 16.9 Å². The van der Waals surface area contributed by atoms with Crippen LogP contribution in [0.25, 0.3) is 11.1 Å². The third-order valence-electron chi connectivity index (χ3n) is 5.11. The van der Waals surface area contributed by atoms with Crippen LogP contribution in [0.3, 0.4) is 0 Å². The summed E-state index contributed by atoms with van der Waals surface area (Å²) < 4.78 is 45.5. The van der Waals surface area contributed by atoms with Crippen LogP contribution in [0.5, 0.6) is 5.75 Å². The number of hydrogen-bond donors (Lipinski definition) is 2. The van der Waals surface area contributed by atoms with E-state index in [-0.39, 0.29) is 41.0 Å². The number of anilines is 1. The Bertz CT molecular complexity index is 1100. The van der Waals surface area contributed by atoms with E-state index in [0.717, 1.165) is 30.5 Å². The van der Waals surface area contributed by atoms with Crippen LogP contribution in [0.15, 0.2) is 40.8 Å². The first-order chi connectivity index (χ1) is 14.1. The minimum atomic E-state index is -4.49. The molecular formula is C22H18Cl2F3NO2. The number of furan rings is 1. The van der Waals surface area contributed by atoms with E-state index in [9.17, 15) is 18.3 Å². The van der Waals surface area contributed by atoms with Gasteiger partial charge in [-0.1, -0.05) is 41.4 Å². The number of alkyl halides is 3. The second-order valence-electron chi connectivity index (χ2n) is 7.41. The Morgan fingerprint density at radius 3 is 2.57 bits per heavy atom. The first kappa shape index (κ1) is 20.9. The van der Waals surface area contributed by atoms with E-state index in [0.29, 0.717) is 15.6 Å². The quantitative estimate of drug-likeness (QED) is 0.419. The average molecular weight is 456 g/mol. The van der Waals surface area contributed by atoms with Gasteiger partial charge in [0.05, 0.1) is 21.2 Å². The predicted octanol–water partition coefficient (Wildman–Crippen LogP) is 7.45. The lowest BCUT2D eigenvalue weighted by molar-refractivity contribution is -0.137. The molecule has 0 atom stereocenters. The van der Waals surface area contributed by atoms with E-state index in [1.54, 1.807) is 12.1 Å². The molecule has 4 rings (SSSR count). The zero-order valence-electron chi connectivity index (χ0n) is 15.9. The van der Waals surface area contributed by atoms with Gasteiger partial charge in [-0.15, -0.1) is 0 Å². The van der Waals surface area contributed by atoms with Gasteiger partial charge in [-0.05, 0) is 54.7 Å². The van der Waals surface area contributed by atoms with Gasteiger partial charge in [0.2, 0.25) is 5.88 Å². The van der Waals surface area contributed by atoms with Crippen LogP contribution in [0.4, 0.5) is 19.1 Å². The van der Waals surface area contributed by atoms with Gasteiger partial charge in [0.15, 0.2) is 11.5 Å². The van der Waals surface area contributed by atoms with Crippen molar-refractivity contribution in [1.29, 1.82) is 0 Å². The van der Waals surface area contributed by atoms with Crippen LogP contribution in [0.2, 0.25) is 10.0 Å². The molecule has 0 bridgehead atoms. The van der Waals surface area contributed by atoms with Crippen molar-refractivity contribution < 1.29 is 22.7 Å². The summed E-state index contributed by atoms with van der Waals surface area (Å²) in [5.74, 6) is 0.242. The van der Waals surface area contributed by atoms with Crippen LogP contribution in [-0.2, 0) is 12.6 Å². The molecule has 2 aromatic carbocycles. The molecule has 158 valence electrons. The maximum absolute atomic E-state index is 13.2. The van der Waals surface area contributed by atoms with Gasteiger partial charge in [0.1, 0.15) is 0 Å². The number of halogens is 5. The van der Waals surface area contributed by atoms with E-state index in [4.69, 9.17) is 27.6 Å². The first-order valence-electron chi connectivity index (χ1n) is 9.37. The lowest BCUT2D eigenvalue weighted by Crippen LogP contribution is -2.05. The lowest BCUT2D eigenvalue weighted by Gasteiger charge is -2.10. The molecular weight excluding hydrogens is 438 g/mol. The van der Waals surface area contributed by atoms with Crippen molar-refractivity contribution in [3.05, 3.63) is 68.9 Å². The van der Waals surface area contributed by atoms with Crippen LogP contribution in [-0.4, -0.2) is 11.1 Å². The maximum Gasteiger partial charge on any atom is 0.416 e. The Morgan fingerprint density at radius 2 is 1.90 bits per heavy atom. The normalized spacial score (nSPS) is 14.2. The summed E-state index contributed by atoms with van der Waals surface area (Å²) in [4.78, 5) is 0. The summed E-state index contributed by atoms with van der Waals surface area (Å²) in [6.07, 6.45) is -2.49. The van der Waals surface area contributed by atoms with E-state index >= 15 is 0 Å². The topological polar surface area (TPSA) is 45.4 Å². The number of nitrogens with one attached hydrogen (secondary N) is 1. The lowest BCUT2D eigenvalue weighted by atomic mass is 10.0. The monoisotopic (exact) mass is 455 g/mol. The minimum Gasteiger partial charge on any atom is -0.504 e. The fourth-order valence-electron chi connectivity index (χ4n) is 3.29. The molecule has 0 unspecified atom stereocenters. The molecule has 0 amide bonds. The molecule has 3 aromatic rings. The summed E-state index contributed by atoms with van der Waals surface area (Å²) in [5.41, 5.74) is 1.17. The molecule has 1 saturated carbocycles. The fourth-order valence-corrected chi connectivity index (χ4v) is 3.75. The van der Waals surface area contributed by atoms with Crippen LogP contribution in [0, 0.1) is 6.92 Å². The number of benzene rings is 2. The van der Waals surface area contributed by atoms with Crippen molar-refractivity contribution in [3.63, 3.8) is 0 Å². The average Bonchev–Trinajstić information content (AvgIpc) is 3.45. The van der Waals surface area contributed by atoms with Gasteiger partial charge in [-0.3, -0.25) is 0 Å². The highest BCUT2D eigenvalue weighted by Gasteiger charge is 2.32. The molecule has 30 heavy (non-hydrogen) atoms. The number of aryl methyl sites for hydroxylation is 1. The Kier molecular flexibility index (Phi) is 5.41. The molecule has 1 aliphatic rings. The molecule has 3 nitrogen and oxygen atoms in total. The van der Waals surface area contributed by atoms with Crippen molar-refractivity contribution in [2.45, 2.75) is 38.4 Å². The number of rotatable bonds is 5. The van der Waals surface area contributed by atoms with Gasteiger partial charge in [0, 0.05) is 12.5 Å². The zero-order valence-corrected chi connectivity index (χ0v) is 17.4. The second kappa shape index (κ2) is 7.75. The summed E-state index contributed by atoms with van der Waals surface area (Å²) in [5, 5.41) is 14.8. The molecule has 1 heterocycles. The van der Waals surface area contributed by atoms with Gasteiger partial charge in [0.25, 0.3) is 0 Å². The van der Waals surface area contributed by atoms with Crippen molar-refractivity contribution in [1.82, 2.24) is 0 Å².